The van der Waals surface area contributed by atoms with Crippen LogP contribution in [0.15, 0.2) is 5.38 Å². The van der Waals surface area contributed by atoms with Crippen molar-refractivity contribution in [3.05, 3.63) is 11.1 Å². The predicted octanol–water partition coefficient (Wildman–Crippen LogP) is 0.221. The minimum Gasteiger partial charge on any atom is -0.365 e. The molecule has 2 amide bonds. The van der Waals surface area contributed by atoms with E-state index in [1.807, 2.05) is 4.90 Å². The largest absolute Gasteiger partial charge is 0.365 e. The number of hydrogen-bond acceptors (Lipinski definition) is 6. The van der Waals surface area contributed by atoms with E-state index in [4.69, 9.17) is 0 Å². The Bertz CT molecular complexity index is 555. The zero-order valence-corrected chi connectivity index (χ0v) is 13.5. The number of carbonyl (C=O) groups excluding carboxylic acids is 2. The topological polar surface area (TPSA) is 77.6 Å². The van der Waals surface area contributed by atoms with Crippen molar-refractivity contribution in [3.8, 4) is 0 Å². The van der Waals surface area contributed by atoms with Crippen LogP contribution >= 0.6 is 11.3 Å². The van der Waals surface area contributed by atoms with Crippen LogP contribution in [0, 0.1) is 0 Å². The monoisotopic (exact) mass is 323 g/mol. The Hall–Kier alpha value is -1.67. The second kappa shape index (κ2) is 6.62. The number of anilines is 1. The third-order valence-corrected chi connectivity index (χ3v) is 5.00. The SMILES string of the molecule is CNc1nc(C(=O)N2CCNC[C@@H]2C(=O)N2CCCC2)cs1. The lowest BCUT2D eigenvalue weighted by Gasteiger charge is -2.36. The highest BCUT2D eigenvalue weighted by Crippen LogP contribution is 2.19. The Morgan fingerprint density at radius 3 is 2.82 bits per heavy atom. The number of carbonyl (C=O) groups is 2. The van der Waals surface area contributed by atoms with Crippen LogP contribution in [-0.2, 0) is 4.79 Å². The van der Waals surface area contributed by atoms with Crippen molar-refractivity contribution in [3.63, 3.8) is 0 Å². The van der Waals surface area contributed by atoms with Crippen molar-refractivity contribution in [1.82, 2.24) is 20.1 Å². The van der Waals surface area contributed by atoms with Gasteiger partial charge in [0, 0.05) is 45.2 Å². The summed E-state index contributed by atoms with van der Waals surface area (Å²) in [7, 11) is 1.78. The van der Waals surface area contributed by atoms with Crippen molar-refractivity contribution in [2.24, 2.45) is 0 Å². The summed E-state index contributed by atoms with van der Waals surface area (Å²) >= 11 is 1.40. The molecule has 2 aliphatic heterocycles. The third kappa shape index (κ3) is 2.93. The van der Waals surface area contributed by atoms with Crippen molar-refractivity contribution < 1.29 is 9.59 Å². The molecule has 120 valence electrons. The van der Waals surface area contributed by atoms with Crippen LogP contribution in [0.2, 0.25) is 0 Å². The molecule has 0 bridgehead atoms. The van der Waals surface area contributed by atoms with Crippen molar-refractivity contribution >= 4 is 28.3 Å². The van der Waals surface area contributed by atoms with E-state index in [9.17, 15) is 9.59 Å². The average Bonchev–Trinajstić information content (AvgIpc) is 3.24. The van der Waals surface area contributed by atoms with Crippen LogP contribution in [0.3, 0.4) is 0 Å². The van der Waals surface area contributed by atoms with Gasteiger partial charge in [-0.15, -0.1) is 11.3 Å². The lowest BCUT2D eigenvalue weighted by atomic mass is 10.1. The molecule has 3 heterocycles. The first-order valence-corrected chi connectivity index (χ1v) is 8.52. The normalized spacial score (nSPS) is 22.0. The van der Waals surface area contributed by atoms with E-state index in [0.717, 1.165) is 25.9 Å². The van der Waals surface area contributed by atoms with Crippen LogP contribution in [0.1, 0.15) is 23.3 Å². The summed E-state index contributed by atoms with van der Waals surface area (Å²) in [6.07, 6.45) is 2.11. The molecule has 0 saturated carbocycles. The highest BCUT2D eigenvalue weighted by molar-refractivity contribution is 7.13. The summed E-state index contributed by atoms with van der Waals surface area (Å²) in [4.78, 5) is 33.2. The van der Waals surface area contributed by atoms with Gasteiger partial charge in [-0.1, -0.05) is 0 Å². The number of aromatic nitrogens is 1. The van der Waals surface area contributed by atoms with Gasteiger partial charge in [0.15, 0.2) is 5.13 Å². The van der Waals surface area contributed by atoms with Gasteiger partial charge in [0.25, 0.3) is 5.91 Å². The molecule has 0 unspecified atom stereocenters. The minimum absolute atomic E-state index is 0.0575. The minimum atomic E-state index is -0.418. The maximum Gasteiger partial charge on any atom is 0.274 e. The zero-order chi connectivity index (χ0) is 15.5. The van der Waals surface area contributed by atoms with Gasteiger partial charge < -0.3 is 20.4 Å². The molecular weight excluding hydrogens is 302 g/mol. The fourth-order valence-electron chi connectivity index (χ4n) is 2.95. The van der Waals surface area contributed by atoms with Gasteiger partial charge in [-0.3, -0.25) is 9.59 Å². The van der Waals surface area contributed by atoms with Gasteiger partial charge >= 0.3 is 0 Å². The molecule has 1 aromatic heterocycles. The molecule has 2 N–H and O–H groups in total. The molecule has 8 heteroatoms. The number of amides is 2. The first-order chi connectivity index (χ1) is 10.7. The second-order valence-electron chi connectivity index (χ2n) is 5.54. The molecule has 1 atom stereocenters. The Labute approximate surface area is 133 Å². The molecule has 2 saturated heterocycles. The van der Waals surface area contributed by atoms with Gasteiger partial charge in [0.1, 0.15) is 11.7 Å². The number of nitrogens with one attached hydrogen (secondary N) is 2. The Kier molecular flexibility index (Phi) is 4.58. The van der Waals surface area contributed by atoms with Crippen LogP contribution in [0.4, 0.5) is 5.13 Å². The van der Waals surface area contributed by atoms with Crippen LogP contribution in [0.25, 0.3) is 0 Å². The molecule has 22 heavy (non-hydrogen) atoms. The van der Waals surface area contributed by atoms with Crippen molar-refractivity contribution in [2.45, 2.75) is 18.9 Å². The molecular formula is C14H21N5O2S. The number of nitrogens with zero attached hydrogens (tertiary/aromatic N) is 3. The van der Waals surface area contributed by atoms with Crippen molar-refractivity contribution in [1.29, 1.82) is 0 Å². The van der Waals surface area contributed by atoms with E-state index in [-0.39, 0.29) is 11.8 Å². The summed E-state index contributed by atoms with van der Waals surface area (Å²) in [6, 6.07) is -0.418. The molecule has 1 aromatic rings. The fourth-order valence-corrected chi connectivity index (χ4v) is 3.60. The Morgan fingerprint density at radius 1 is 1.36 bits per heavy atom. The van der Waals surface area contributed by atoms with Crippen LogP contribution in [0.5, 0.6) is 0 Å². The molecule has 0 radical (unpaired) electrons. The van der Waals surface area contributed by atoms with Crippen LogP contribution in [-0.4, -0.2) is 72.4 Å². The fraction of sp³-hybridized carbons (Fsp3) is 0.643. The summed E-state index contributed by atoms with van der Waals surface area (Å²) in [5, 5.41) is 8.61. The number of piperazine rings is 1. The number of rotatable bonds is 3. The second-order valence-corrected chi connectivity index (χ2v) is 6.40. The first-order valence-electron chi connectivity index (χ1n) is 7.64. The van der Waals surface area contributed by atoms with Gasteiger partial charge in [-0.25, -0.2) is 4.98 Å². The van der Waals surface area contributed by atoms with E-state index in [1.54, 1.807) is 17.3 Å². The van der Waals surface area contributed by atoms with Gasteiger partial charge in [0.2, 0.25) is 5.91 Å². The van der Waals surface area contributed by atoms with E-state index in [2.05, 4.69) is 15.6 Å². The number of likely N-dealkylation sites (tertiary alicyclic amines) is 1. The van der Waals surface area contributed by atoms with E-state index >= 15 is 0 Å². The lowest BCUT2D eigenvalue weighted by Crippen LogP contribution is -2.59. The number of hydrogen-bond donors (Lipinski definition) is 2. The summed E-state index contributed by atoms with van der Waals surface area (Å²) in [5.41, 5.74) is 0.412. The van der Waals surface area contributed by atoms with Gasteiger partial charge in [0.05, 0.1) is 0 Å². The first kappa shape index (κ1) is 15.2. The Morgan fingerprint density at radius 2 is 2.14 bits per heavy atom. The molecule has 0 spiro atoms. The molecule has 0 aromatic carbocycles. The molecule has 7 nitrogen and oxygen atoms in total. The molecule has 2 aliphatic rings. The summed E-state index contributed by atoms with van der Waals surface area (Å²) < 4.78 is 0. The predicted molar refractivity (Wildman–Crippen MR) is 85.2 cm³/mol. The highest BCUT2D eigenvalue weighted by Gasteiger charge is 2.36. The van der Waals surface area contributed by atoms with Gasteiger partial charge in [-0.05, 0) is 12.8 Å². The van der Waals surface area contributed by atoms with Crippen LogP contribution < -0.4 is 10.6 Å². The highest BCUT2D eigenvalue weighted by atomic mass is 32.1. The van der Waals surface area contributed by atoms with E-state index in [1.165, 1.54) is 11.3 Å². The van der Waals surface area contributed by atoms with E-state index < -0.39 is 6.04 Å². The smallest absolute Gasteiger partial charge is 0.274 e. The standard InChI is InChI=1S/C14H21N5O2S/c1-15-14-17-10(9-22-14)12(20)19-7-4-16-8-11(19)13(21)18-5-2-3-6-18/h9,11,16H,2-8H2,1H3,(H,15,17)/t11-/m1/s1. The lowest BCUT2D eigenvalue weighted by molar-refractivity contribution is -0.135. The van der Waals surface area contributed by atoms with E-state index in [0.29, 0.717) is 30.5 Å². The van der Waals surface area contributed by atoms with Gasteiger partial charge in [-0.2, -0.15) is 0 Å². The number of thiazole rings is 1. The summed E-state index contributed by atoms with van der Waals surface area (Å²) in [5.74, 6) is -0.0982. The quantitative estimate of drug-likeness (QED) is 0.832. The maximum atomic E-state index is 12.7. The zero-order valence-electron chi connectivity index (χ0n) is 12.7. The Balaban J connectivity index is 1.76. The third-order valence-electron chi connectivity index (χ3n) is 4.14. The maximum absolute atomic E-state index is 12.7. The molecule has 3 rings (SSSR count). The average molecular weight is 323 g/mol. The summed E-state index contributed by atoms with van der Waals surface area (Å²) in [6.45, 7) is 3.37. The van der Waals surface area contributed by atoms with Crippen molar-refractivity contribution in [2.75, 3.05) is 45.1 Å². The molecule has 0 aliphatic carbocycles. The molecule has 2 fully saturated rings.